The van der Waals surface area contributed by atoms with Gasteiger partial charge in [0.15, 0.2) is 0 Å². The molecule has 0 unspecified atom stereocenters. The number of para-hydroxylation sites is 1. The number of hydrogen-bond acceptors (Lipinski definition) is 2. The third kappa shape index (κ3) is 1.86. The van der Waals surface area contributed by atoms with Gasteiger partial charge in [-0.3, -0.25) is 0 Å². The molecule has 1 aromatic heterocycles. The molecule has 0 saturated heterocycles. The molecule has 0 bridgehead atoms. The first-order valence-electron chi connectivity index (χ1n) is 4.17. The van der Waals surface area contributed by atoms with Gasteiger partial charge in [-0.15, -0.1) is 0 Å². The quantitative estimate of drug-likeness (QED) is 0.750. The third-order valence-corrected chi connectivity index (χ3v) is 2.25. The summed E-state index contributed by atoms with van der Waals surface area (Å²) in [6.45, 7) is 0. The molecule has 0 aliphatic heterocycles. The molecule has 0 atom stereocenters. The molecular weight excluding hydrogens is 228 g/mol. The highest BCUT2D eigenvalue weighted by Crippen LogP contribution is 2.09. The van der Waals surface area contributed by atoms with E-state index in [4.69, 9.17) is 0 Å². The monoisotopic (exact) mass is 236 g/mol. The van der Waals surface area contributed by atoms with Gasteiger partial charge in [0.25, 0.3) is 0 Å². The maximum absolute atomic E-state index is 4.42. The topological polar surface area (TPSA) is 25.8 Å². The van der Waals surface area contributed by atoms with Gasteiger partial charge in [-0.25, -0.2) is 9.97 Å². The minimum atomic E-state index is 0.880. The fourth-order valence-corrected chi connectivity index (χ4v) is 1.57. The second kappa shape index (κ2) is 3.83. The van der Waals surface area contributed by atoms with Crippen molar-refractivity contribution in [1.29, 1.82) is 0 Å². The zero-order valence-corrected chi connectivity index (χ0v) is 8.66. The Kier molecular flexibility index (Phi) is 2.54. The molecule has 0 aliphatic rings. The van der Waals surface area contributed by atoms with Crippen LogP contribution in [0, 0.1) is 0 Å². The summed E-state index contributed by atoms with van der Waals surface area (Å²) in [7, 11) is 0. The van der Waals surface area contributed by atoms with Crippen molar-refractivity contribution in [2.75, 3.05) is 5.33 Å². The van der Waals surface area contributed by atoms with Crippen molar-refractivity contribution in [2.24, 2.45) is 0 Å². The van der Waals surface area contributed by atoms with E-state index in [1.165, 1.54) is 0 Å². The van der Waals surface area contributed by atoms with E-state index in [-0.39, 0.29) is 0 Å². The lowest BCUT2D eigenvalue weighted by Gasteiger charge is -1.98. The van der Waals surface area contributed by atoms with E-state index in [0.717, 1.165) is 28.5 Å². The van der Waals surface area contributed by atoms with Crippen LogP contribution >= 0.6 is 15.9 Å². The largest absolute Gasteiger partial charge is 0.241 e. The Labute approximate surface area is 85.1 Å². The summed E-state index contributed by atoms with van der Waals surface area (Å²) in [4.78, 5) is 8.68. The molecule has 0 fully saturated rings. The molecule has 0 aliphatic carbocycles. The number of aryl methyl sites for hydroxylation is 1. The summed E-state index contributed by atoms with van der Waals surface area (Å²) in [5, 5.41) is 2.01. The van der Waals surface area contributed by atoms with Crippen LogP contribution in [0.3, 0.4) is 0 Å². The second-order valence-corrected chi connectivity index (χ2v) is 3.58. The van der Waals surface area contributed by atoms with Crippen molar-refractivity contribution in [3.05, 3.63) is 36.3 Å². The lowest BCUT2D eigenvalue weighted by Crippen LogP contribution is -1.95. The third-order valence-electron chi connectivity index (χ3n) is 1.86. The van der Waals surface area contributed by atoms with Crippen molar-refractivity contribution < 1.29 is 0 Å². The lowest BCUT2D eigenvalue weighted by molar-refractivity contribution is 0.974. The van der Waals surface area contributed by atoms with E-state index in [2.05, 4.69) is 25.9 Å². The molecule has 1 aromatic carbocycles. The van der Waals surface area contributed by atoms with Crippen LogP contribution in [0.2, 0.25) is 0 Å². The smallest absolute Gasteiger partial charge is 0.129 e. The van der Waals surface area contributed by atoms with Crippen LogP contribution < -0.4 is 0 Å². The first kappa shape index (κ1) is 8.63. The Balaban J connectivity index is 2.49. The molecule has 1 heterocycles. The normalized spacial score (nSPS) is 10.5. The van der Waals surface area contributed by atoms with Gasteiger partial charge in [0.05, 0.1) is 5.52 Å². The van der Waals surface area contributed by atoms with E-state index < -0.39 is 0 Å². The predicted molar refractivity (Wildman–Crippen MR) is 57.0 cm³/mol. The molecule has 3 heteroatoms. The number of nitrogens with zero attached hydrogens (tertiary/aromatic N) is 2. The van der Waals surface area contributed by atoms with Gasteiger partial charge >= 0.3 is 0 Å². The highest BCUT2D eigenvalue weighted by atomic mass is 79.9. The number of alkyl halides is 1. The molecule has 0 radical (unpaired) electrons. The van der Waals surface area contributed by atoms with Gasteiger partial charge < -0.3 is 0 Å². The van der Waals surface area contributed by atoms with Crippen molar-refractivity contribution in [1.82, 2.24) is 9.97 Å². The van der Waals surface area contributed by atoms with E-state index in [1.54, 1.807) is 0 Å². The van der Waals surface area contributed by atoms with E-state index in [0.29, 0.717) is 0 Å². The first-order chi connectivity index (χ1) is 6.40. The van der Waals surface area contributed by atoms with Gasteiger partial charge in [-0.2, -0.15) is 0 Å². The average molecular weight is 237 g/mol. The van der Waals surface area contributed by atoms with Crippen LogP contribution in [-0.2, 0) is 6.42 Å². The molecule has 0 amide bonds. The molecule has 13 heavy (non-hydrogen) atoms. The molecule has 2 nitrogen and oxygen atoms in total. The van der Waals surface area contributed by atoms with Crippen LogP contribution in [0.15, 0.2) is 30.5 Å². The van der Waals surface area contributed by atoms with Crippen LogP contribution in [-0.4, -0.2) is 15.3 Å². The van der Waals surface area contributed by atoms with Gasteiger partial charge in [-0.1, -0.05) is 34.1 Å². The number of hydrogen-bond donors (Lipinski definition) is 0. The molecular formula is C10H9BrN2. The summed E-state index contributed by atoms with van der Waals surface area (Å²) >= 11 is 3.37. The molecule has 0 N–H and O–H groups in total. The summed E-state index contributed by atoms with van der Waals surface area (Å²) < 4.78 is 0. The Morgan fingerprint density at radius 3 is 2.92 bits per heavy atom. The summed E-state index contributed by atoms with van der Waals surface area (Å²) in [6, 6.07) is 8.02. The number of halogens is 1. The van der Waals surface area contributed by atoms with Crippen molar-refractivity contribution in [3.8, 4) is 0 Å². The standard InChI is InChI=1S/C10H9BrN2/c11-6-5-10-12-7-8-3-1-2-4-9(8)13-10/h1-4,7H,5-6H2. The first-order valence-corrected chi connectivity index (χ1v) is 5.29. The highest BCUT2D eigenvalue weighted by molar-refractivity contribution is 9.09. The lowest BCUT2D eigenvalue weighted by atomic mass is 10.2. The fraction of sp³-hybridized carbons (Fsp3) is 0.200. The maximum atomic E-state index is 4.42. The van der Waals surface area contributed by atoms with Gasteiger partial charge in [0, 0.05) is 23.3 Å². The van der Waals surface area contributed by atoms with Crippen LogP contribution in [0.1, 0.15) is 5.82 Å². The summed E-state index contributed by atoms with van der Waals surface area (Å²) in [6.07, 6.45) is 2.76. The number of benzene rings is 1. The Hall–Kier alpha value is -0.960. The van der Waals surface area contributed by atoms with Crippen molar-refractivity contribution in [2.45, 2.75) is 6.42 Å². The molecule has 0 spiro atoms. The number of aromatic nitrogens is 2. The summed E-state index contributed by atoms with van der Waals surface area (Å²) in [5.41, 5.74) is 1.02. The van der Waals surface area contributed by atoms with Crippen LogP contribution in [0.25, 0.3) is 10.9 Å². The highest BCUT2D eigenvalue weighted by Gasteiger charge is 1.97. The molecule has 2 aromatic rings. The minimum Gasteiger partial charge on any atom is -0.241 e. The van der Waals surface area contributed by atoms with Crippen molar-refractivity contribution in [3.63, 3.8) is 0 Å². The molecule has 0 saturated carbocycles. The number of fused-ring (bicyclic) bond motifs is 1. The van der Waals surface area contributed by atoms with Crippen molar-refractivity contribution >= 4 is 26.8 Å². The van der Waals surface area contributed by atoms with E-state index >= 15 is 0 Å². The maximum Gasteiger partial charge on any atom is 0.129 e. The number of rotatable bonds is 2. The Morgan fingerprint density at radius 2 is 2.08 bits per heavy atom. The zero-order valence-electron chi connectivity index (χ0n) is 7.07. The van der Waals surface area contributed by atoms with Crippen LogP contribution in [0.4, 0.5) is 0 Å². The van der Waals surface area contributed by atoms with Crippen LogP contribution in [0.5, 0.6) is 0 Å². The fourth-order valence-electron chi connectivity index (χ4n) is 1.22. The Bertz CT molecular complexity index is 414. The van der Waals surface area contributed by atoms with Gasteiger partial charge in [-0.05, 0) is 6.07 Å². The summed E-state index contributed by atoms with van der Waals surface area (Å²) in [5.74, 6) is 0.899. The second-order valence-electron chi connectivity index (χ2n) is 2.78. The Morgan fingerprint density at radius 1 is 1.23 bits per heavy atom. The zero-order chi connectivity index (χ0) is 9.10. The van der Waals surface area contributed by atoms with Gasteiger partial charge in [0.1, 0.15) is 5.82 Å². The molecule has 66 valence electrons. The average Bonchev–Trinajstić information content (AvgIpc) is 2.18. The van der Waals surface area contributed by atoms with E-state index in [1.807, 2.05) is 30.5 Å². The van der Waals surface area contributed by atoms with Gasteiger partial charge in [0.2, 0.25) is 0 Å². The molecule has 2 rings (SSSR count). The predicted octanol–water partition coefficient (Wildman–Crippen LogP) is 2.57. The SMILES string of the molecule is BrCCc1ncc2ccccc2n1. The minimum absolute atomic E-state index is 0.880. The van der Waals surface area contributed by atoms with E-state index in [9.17, 15) is 0 Å².